The predicted molar refractivity (Wildman–Crippen MR) is 35.7 cm³/mol. The fourth-order valence-electron chi connectivity index (χ4n) is 0.903. The van der Waals surface area contributed by atoms with Gasteiger partial charge in [-0.1, -0.05) is 26.7 Å². The maximum Gasteiger partial charge on any atom is 0.0904 e. The molecule has 0 heterocycles. The lowest BCUT2D eigenvalue weighted by Gasteiger charge is -2.08. The van der Waals surface area contributed by atoms with Gasteiger partial charge in [0.15, 0.2) is 0 Å². The highest BCUT2D eigenvalue weighted by atomic mass is 19.3. The molecular weight excluding hydrogens is 119 g/mol. The third-order valence-electron chi connectivity index (χ3n) is 1.57. The molecule has 0 unspecified atom stereocenters. The average molecular weight is 134 g/mol. The van der Waals surface area contributed by atoms with Gasteiger partial charge in [0.25, 0.3) is 0 Å². The summed E-state index contributed by atoms with van der Waals surface area (Å²) in [6.07, 6.45) is 3.19. The molecule has 0 saturated carbocycles. The number of rotatable bonds is 5. The first-order valence-corrected chi connectivity index (χ1v) is 3.58. The van der Waals surface area contributed by atoms with Crippen LogP contribution < -0.4 is 0 Å². The van der Waals surface area contributed by atoms with E-state index in [1.54, 1.807) is 0 Å². The van der Waals surface area contributed by atoms with Gasteiger partial charge in [0, 0.05) is 0 Å². The molecule has 0 rings (SSSR count). The fraction of sp³-hybridized carbons (Fsp3) is 1.00. The first kappa shape index (κ1) is 8.89. The van der Waals surface area contributed by atoms with Crippen molar-refractivity contribution in [3.05, 3.63) is 0 Å². The van der Waals surface area contributed by atoms with Crippen LogP contribution in [0.25, 0.3) is 0 Å². The van der Waals surface area contributed by atoms with Crippen LogP contribution in [0.4, 0.5) is 4.53 Å². The minimum absolute atomic E-state index is 0.268. The van der Waals surface area contributed by atoms with Crippen LogP contribution >= 0.6 is 0 Å². The van der Waals surface area contributed by atoms with Crippen LogP contribution in [0.3, 0.4) is 0 Å². The van der Waals surface area contributed by atoms with Gasteiger partial charge < -0.3 is 0 Å². The van der Waals surface area contributed by atoms with Crippen LogP contribution in [0.1, 0.15) is 33.1 Å². The molecule has 1 nitrogen and oxygen atoms in total. The van der Waals surface area contributed by atoms with Crippen LogP contribution in [0.2, 0.25) is 0 Å². The van der Waals surface area contributed by atoms with Crippen molar-refractivity contribution in [3.8, 4) is 0 Å². The molecule has 0 spiro atoms. The van der Waals surface area contributed by atoms with E-state index in [1.165, 1.54) is 0 Å². The first-order valence-electron chi connectivity index (χ1n) is 3.58. The highest BCUT2D eigenvalue weighted by Crippen LogP contribution is 2.10. The fourth-order valence-corrected chi connectivity index (χ4v) is 0.903. The summed E-state index contributed by atoms with van der Waals surface area (Å²) in [5.74, 6) is 0.417. The Bertz CT molecular complexity index is 50.9. The first-order chi connectivity index (χ1) is 4.35. The van der Waals surface area contributed by atoms with Crippen molar-refractivity contribution in [2.45, 2.75) is 33.1 Å². The van der Waals surface area contributed by atoms with E-state index in [2.05, 4.69) is 18.8 Å². The zero-order chi connectivity index (χ0) is 7.11. The maximum absolute atomic E-state index is 11.3. The van der Waals surface area contributed by atoms with Crippen molar-refractivity contribution in [3.63, 3.8) is 0 Å². The normalized spacial score (nSPS) is 13.7. The number of halogens is 1. The van der Waals surface area contributed by atoms with Gasteiger partial charge in [-0.05, 0) is 16.9 Å². The lowest BCUT2D eigenvalue weighted by atomic mass is 10.0. The molecule has 0 aliphatic carbocycles. The molecule has 0 amide bonds. The second-order valence-electron chi connectivity index (χ2n) is 2.34. The molecule has 0 aliphatic heterocycles. The Morgan fingerprint density at radius 2 is 2.11 bits per heavy atom. The van der Waals surface area contributed by atoms with Crippen LogP contribution in [0, 0.1) is 5.92 Å². The molecule has 0 aromatic rings. The summed E-state index contributed by atoms with van der Waals surface area (Å²) in [4.78, 5) is 3.55. The van der Waals surface area contributed by atoms with Gasteiger partial charge in [-0.2, -0.15) is 4.94 Å². The molecule has 0 aliphatic rings. The Labute approximate surface area is 56.1 Å². The van der Waals surface area contributed by atoms with Gasteiger partial charge in [0.2, 0.25) is 0 Å². The highest BCUT2D eigenvalue weighted by molar-refractivity contribution is 4.52. The van der Waals surface area contributed by atoms with Crippen molar-refractivity contribution in [2.24, 2.45) is 5.92 Å². The van der Waals surface area contributed by atoms with E-state index in [9.17, 15) is 4.53 Å². The lowest BCUT2D eigenvalue weighted by molar-refractivity contribution is -0.146. The molecule has 1 atom stereocenters. The van der Waals surface area contributed by atoms with Crippen LogP contribution in [-0.4, -0.2) is 6.61 Å². The van der Waals surface area contributed by atoms with E-state index in [0.29, 0.717) is 5.92 Å². The second kappa shape index (κ2) is 6.02. The maximum atomic E-state index is 11.3. The van der Waals surface area contributed by atoms with Crippen molar-refractivity contribution < 1.29 is 9.47 Å². The Kier molecular flexibility index (Phi) is 5.94. The van der Waals surface area contributed by atoms with E-state index in [0.717, 1.165) is 19.3 Å². The highest BCUT2D eigenvalue weighted by Gasteiger charge is 2.03. The summed E-state index contributed by atoms with van der Waals surface area (Å²) in [5.41, 5.74) is 0. The lowest BCUT2D eigenvalue weighted by Crippen LogP contribution is -2.04. The van der Waals surface area contributed by atoms with E-state index in [1.807, 2.05) is 0 Å². The molecule has 0 aromatic carbocycles. The van der Waals surface area contributed by atoms with Gasteiger partial charge in [0.1, 0.15) is 0 Å². The largest absolute Gasteiger partial charge is 0.194 e. The third kappa shape index (κ3) is 4.40. The average Bonchev–Trinajstić information content (AvgIpc) is 1.88. The van der Waals surface area contributed by atoms with E-state index < -0.39 is 0 Å². The minimum Gasteiger partial charge on any atom is -0.194 e. The molecule has 0 radical (unpaired) electrons. The molecule has 2 heteroatoms. The van der Waals surface area contributed by atoms with Crippen molar-refractivity contribution in [1.82, 2.24) is 0 Å². The SMILES string of the molecule is CCC[C@@H](CC)COF. The topological polar surface area (TPSA) is 9.23 Å². The zero-order valence-corrected chi connectivity index (χ0v) is 6.19. The Morgan fingerprint density at radius 1 is 1.44 bits per heavy atom. The van der Waals surface area contributed by atoms with Gasteiger partial charge in [-0.15, -0.1) is 0 Å². The van der Waals surface area contributed by atoms with Crippen molar-refractivity contribution >= 4 is 0 Å². The molecule has 0 N–H and O–H groups in total. The van der Waals surface area contributed by atoms with E-state index in [-0.39, 0.29) is 6.61 Å². The summed E-state index contributed by atoms with van der Waals surface area (Å²) in [6.45, 7) is 4.42. The zero-order valence-electron chi connectivity index (χ0n) is 6.19. The minimum atomic E-state index is 0.268. The van der Waals surface area contributed by atoms with Crippen LogP contribution in [-0.2, 0) is 4.94 Å². The van der Waals surface area contributed by atoms with Gasteiger partial charge >= 0.3 is 0 Å². The molecule has 56 valence electrons. The monoisotopic (exact) mass is 134 g/mol. The van der Waals surface area contributed by atoms with E-state index >= 15 is 0 Å². The summed E-state index contributed by atoms with van der Waals surface area (Å²) < 4.78 is 11.3. The summed E-state index contributed by atoms with van der Waals surface area (Å²) in [7, 11) is 0. The van der Waals surface area contributed by atoms with E-state index in [4.69, 9.17) is 0 Å². The Morgan fingerprint density at radius 3 is 2.44 bits per heavy atom. The summed E-state index contributed by atoms with van der Waals surface area (Å²) in [5, 5.41) is 0. The number of hydrogen-bond donors (Lipinski definition) is 0. The quantitative estimate of drug-likeness (QED) is 0.561. The second-order valence-corrected chi connectivity index (χ2v) is 2.34. The predicted octanol–water partition coefficient (Wildman–Crippen LogP) is 2.71. The number of hydrogen-bond acceptors (Lipinski definition) is 1. The molecular formula is C7H15FO. The van der Waals surface area contributed by atoms with Gasteiger partial charge in [-0.3, -0.25) is 0 Å². The van der Waals surface area contributed by atoms with Crippen LogP contribution in [0.5, 0.6) is 0 Å². The smallest absolute Gasteiger partial charge is 0.0904 e. The van der Waals surface area contributed by atoms with Crippen LogP contribution in [0.15, 0.2) is 0 Å². The van der Waals surface area contributed by atoms with Gasteiger partial charge in [-0.25, -0.2) is 0 Å². The van der Waals surface area contributed by atoms with Crippen molar-refractivity contribution in [2.75, 3.05) is 6.61 Å². The van der Waals surface area contributed by atoms with Crippen molar-refractivity contribution in [1.29, 1.82) is 0 Å². The molecule has 0 fully saturated rings. The summed E-state index contributed by atoms with van der Waals surface area (Å²) in [6, 6.07) is 0. The Balaban J connectivity index is 3.18. The van der Waals surface area contributed by atoms with Gasteiger partial charge in [0.05, 0.1) is 6.61 Å². The molecule has 9 heavy (non-hydrogen) atoms. The molecule has 0 bridgehead atoms. The molecule has 0 saturated heterocycles. The molecule has 0 aromatic heterocycles. The standard InChI is InChI=1S/C7H15FO/c1-3-5-7(4-2)6-9-8/h7H,3-6H2,1-2H3/t7-/m1/s1. The summed E-state index contributed by atoms with van der Waals surface area (Å²) >= 11 is 0. The third-order valence-corrected chi connectivity index (χ3v) is 1.57. The Hall–Kier alpha value is -0.110.